The summed E-state index contributed by atoms with van der Waals surface area (Å²) in [5, 5.41) is 5.80. The maximum atomic E-state index is 12.9. The second-order valence-electron chi connectivity index (χ2n) is 7.53. The Morgan fingerprint density at radius 1 is 0.939 bits per heavy atom. The fraction of sp³-hybridized carbons (Fsp3) is 0.192. The number of hydrogen-bond acceptors (Lipinski definition) is 4. The first-order valence-electron chi connectivity index (χ1n) is 10.7. The highest BCUT2D eigenvalue weighted by molar-refractivity contribution is 7.80. The Morgan fingerprint density at radius 3 is 2.21 bits per heavy atom. The fourth-order valence-corrected chi connectivity index (χ4v) is 3.46. The molecule has 3 aromatic rings. The third-order valence-electron chi connectivity index (χ3n) is 4.74. The van der Waals surface area contributed by atoms with Gasteiger partial charge in [-0.2, -0.15) is 0 Å². The van der Waals surface area contributed by atoms with Crippen LogP contribution >= 0.6 is 12.2 Å². The van der Waals surface area contributed by atoms with Gasteiger partial charge in [0.2, 0.25) is 0 Å². The molecule has 0 saturated carbocycles. The highest BCUT2D eigenvalue weighted by atomic mass is 32.1. The summed E-state index contributed by atoms with van der Waals surface area (Å²) in [6, 6.07) is 23.5. The van der Waals surface area contributed by atoms with Gasteiger partial charge in [-0.25, -0.2) is 0 Å². The zero-order valence-corrected chi connectivity index (χ0v) is 19.7. The van der Waals surface area contributed by atoms with E-state index in [4.69, 9.17) is 17.0 Å². The molecule has 0 unspecified atom stereocenters. The summed E-state index contributed by atoms with van der Waals surface area (Å²) in [5.41, 5.74) is 2.46. The van der Waals surface area contributed by atoms with Gasteiger partial charge in [-0.15, -0.1) is 0 Å². The van der Waals surface area contributed by atoms with E-state index >= 15 is 0 Å². The lowest BCUT2D eigenvalue weighted by Gasteiger charge is -2.21. The Bertz CT molecular complexity index is 1120. The van der Waals surface area contributed by atoms with Crippen LogP contribution in [0.5, 0.6) is 5.75 Å². The molecule has 3 aromatic carbocycles. The number of anilines is 2. The molecule has 0 bridgehead atoms. The van der Waals surface area contributed by atoms with Gasteiger partial charge >= 0.3 is 0 Å². The number of hydrogen-bond donors (Lipinski definition) is 2. The molecule has 0 saturated heterocycles. The van der Waals surface area contributed by atoms with E-state index in [0.29, 0.717) is 29.1 Å². The molecule has 0 fully saturated rings. The quantitative estimate of drug-likeness (QED) is 0.469. The molecule has 2 N–H and O–H groups in total. The molecule has 2 amide bonds. The van der Waals surface area contributed by atoms with Crippen molar-refractivity contribution in [1.82, 2.24) is 5.32 Å². The van der Waals surface area contributed by atoms with Gasteiger partial charge < -0.3 is 15.0 Å². The van der Waals surface area contributed by atoms with Crippen LogP contribution in [-0.2, 0) is 0 Å². The van der Waals surface area contributed by atoms with Crippen LogP contribution in [0, 0.1) is 0 Å². The summed E-state index contributed by atoms with van der Waals surface area (Å²) < 4.78 is 5.70. The second-order valence-corrected chi connectivity index (χ2v) is 7.94. The average Bonchev–Trinajstić information content (AvgIpc) is 2.80. The molecule has 0 radical (unpaired) electrons. The number of para-hydroxylation sites is 2. The Hall–Kier alpha value is -3.71. The molecule has 33 heavy (non-hydrogen) atoms. The SMILES string of the molecule is CCN(C(=O)c1ccc(NC(=S)NC(=O)c2ccccc2OC(C)C)cc1)c1ccccc1. The molecule has 0 aliphatic rings. The van der Waals surface area contributed by atoms with Crippen LogP contribution in [0.1, 0.15) is 41.5 Å². The summed E-state index contributed by atoms with van der Waals surface area (Å²) in [6.45, 7) is 6.29. The molecule has 6 nitrogen and oxygen atoms in total. The summed E-state index contributed by atoms with van der Waals surface area (Å²) in [6.07, 6.45) is -0.0595. The number of thiocarbonyl (C=S) groups is 1. The largest absolute Gasteiger partial charge is 0.490 e. The minimum absolute atomic E-state index is 0.0595. The Morgan fingerprint density at radius 2 is 1.58 bits per heavy atom. The first-order valence-corrected chi connectivity index (χ1v) is 11.1. The van der Waals surface area contributed by atoms with Crippen molar-refractivity contribution < 1.29 is 14.3 Å². The lowest BCUT2D eigenvalue weighted by molar-refractivity contribution is 0.0968. The fourth-order valence-electron chi connectivity index (χ4n) is 3.25. The van der Waals surface area contributed by atoms with Crippen LogP contribution in [0.25, 0.3) is 0 Å². The lowest BCUT2D eigenvalue weighted by atomic mass is 10.1. The zero-order chi connectivity index (χ0) is 23.8. The van der Waals surface area contributed by atoms with E-state index in [2.05, 4.69) is 10.6 Å². The standard InChI is InChI=1S/C26H27N3O3S/c1-4-29(21-10-6-5-7-11-21)25(31)19-14-16-20(17-15-19)27-26(33)28-24(30)22-12-8-9-13-23(22)32-18(2)3/h5-18H,4H2,1-3H3,(H2,27,28,30,33). The van der Waals surface area contributed by atoms with Crippen molar-refractivity contribution in [2.24, 2.45) is 0 Å². The van der Waals surface area contributed by atoms with Gasteiger partial charge in [0, 0.05) is 23.5 Å². The molecule has 0 aliphatic heterocycles. The molecule has 0 aromatic heterocycles. The Kier molecular flexibility index (Phi) is 8.16. The predicted molar refractivity (Wildman–Crippen MR) is 136 cm³/mol. The molecule has 0 spiro atoms. The minimum atomic E-state index is -0.364. The molecular weight excluding hydrogens is 434 g/mol. The second kappa shape index (κ2) is 11.2. The molecule has 170 valence electrons. The number of benzene rings is 3. The van der Waals surface area contributed by atoms with Crippen molar-refractivity contribution in [3.05, 3.63) is 90.0 Å². The van der Waals surface area contributed by atoms with E-state index in [9.17, 15) is 9.59 Å². The number of nitrogens with one attached hydrogen (secondary N) is 2. The van der Waals surface area contributed by atoms with Gasteiger partial charge in [0.15, 0.2) is 5.11 Å². The van der Waals surface area contributed by atoms with Gasteiger partial charge in [-0.1, -0.05) is 30.3 Å². The third-order valence-corrected chi connectivity index (χ3v) is 4.94. The molecule has 0 atom stereocenters. The van der Waals surface area contributed by atoms with Crippen LogP contribution in [0.15, 0.2) is 78.9 Å². The van der Waals surface area contributed by atoms with Gasteiger partial charge in [0.05, 0.1) is 11.7 Å². The van der Waals surface area contributed by atoms with Gasteiger partial charge in [0.1, 0.15) is 5.75 Å². The lowest BCUT2D eigenvalue weighted by Crippen LogP contribution is -2.34. The number of carbonyl (C=O) groups excluding carboxylic acids is 2. The van der Waals surface area contributed by atoms with E-state index < -0.39 is 0 Å². The highest BCUT2D eigenvalue weighted by Crippen LogP contribution is 2.20. The number of amides is 2. The van der Waals surface area contributed by atoms with E-state index in [1.165, 1.54) is 0 Å². The topological polar surface area (TPSA) is 70.7 Å². The van der Waals surface area contributed by atoms with Crippen molar-refractivity contribution in [3.8, 4) is 5.75 Å². The summed E-state index contributed by atoms with van der Waals surface area (Å²) in [7, 11) is 0. The zero-order valence-electron chi connectivity index (χ0n) is 18.9. The third kappa shape index (κ3) is 6.40. The van der Waals surface area contributed by atoms with Crippen molar-refractivity contribution in [2.75, 3.05) is 16.8 Å². The van der Waals surface area contributed by atoms with E-state index in [0.717, 1.165) is 5.69 Å². The maximum Gasteiger partial charge on any atom is 0.261 e. The molecule has 7 heteroatoms. The van der Waals surface area contributed by atoms with Crippen molar-refractivity contribution in [3.63, 3.8) is 0 Å². The Balaban J connectivity index is 1.64. The number of rotatable bonds is 7. The van der Waals surface area contributed by atoms with Crippen LogP contribution in [-0.4, -0.2) is 29.6 Å². The van der Waals surface area contributed by atoms with E-state index in [1.54, 1.807) is 47.4 Å². The Labute approximate surface area is 199 Å². The van der Waals surface area contributed by atoms with Crippen LogP contribution in [0.4, 0.5) is 11.4 Å². The first kappa shape index (κ1) is 23.9. The first-order chi connectivity index (χ1) is 15.9. The van der Waals surface area contributed by atoms with Crippen LogP contribution < -0.4 is 20.3 Å². The number of nitrogens with zero attached hydrogens (tertiary/aromatic N) is 1. The number of carbonyl (C=O) groups is 2. The molecule has 0 heterocycles. The average molecular weight is 462 g/mol. The van der Waals surface area contributed by atoms with Crippen molar-refractivity contribution >= 4 is 40.5 Å². The summed E-state index contributed by atoms with van der Waals surface area (Å²) in [4.78, 5) is 27.3. The summed E-state index contributed by atoms with van der Waals surface area (Å²) in [5.74, 6) is 0.0412. The predicted octanol–water partition coefficient (Wildman–Crippen LogP) is 5.27. The van der Waals surface area contributed by atoms with Gasteiger partial charge in [-0.05, 0) is 81.5 Å². The molecule has 0 aliphatic carbocycles. The van der Waals surface area contributed by atoms with Gasteiger partial charge in [0.25, 0.3) is 11.8 Å². The van der Waals surface area contributed by atoms with Gasteiger partial charge in [-0.3, -0.25) is 14.9 Å². The smallest absolute Gasteiger partial charge is 0.261 e. The molecule has 3 rings (SSSR count). The monoisotopic (exact) mass is 461 g/mol. The summed E-state index contributed by atoms with van der Waals surface area (Å²) >= 11 is 5.29. The van der Waals surface area contributed by atoms with E-state index in [1.807, 2.05) is 57.2 Å². The van der Waals surface area contributed by atoms with Crippen LogP contribution in [0.2, 0.25) is 0 Å². The van der Waals surface area contributed by atoms with Crippen molar-refractivity contribution in [1.29, 1.82) is 0 Å². The normalized spacial score (nSPS) is 10.4. The van der Waals surface area contributed by atoms with Crippen LogP contribution in [0.3, 0.4) is 0 Å². The molecular formula is C26H27N3O3S. The maximum absolute atomic E-state index is 12.9. The van der Waals surface area contributed by atoms with E-state index in [-0.39, 0.29) is 23.0 Å². The minimum Gasteiger partial charge on any atom is -0.490 e. The number of ether oxygens (including phenoxy) is 1. The highest BCUT2D eigenvalue weighted by Gasteiger charge is 2.17. The van der Waals surface area contributed by atoms with Crippen molar-refractivity contribution in [2.45, 2.75) is 26.9 Å².